The van der Waals surface area contributed by atoms with Crippen molar-refractivity contribution in [2.75, 3.05) is 50.7 Å². The van der Waals surface area contributed by atoms with Gasteiger partial charge in [-0.15, -0.1) is 24.0 Å². The van der Waals surface area contributed by atoms with Crippen molar-refractivity contribution in [2.24, 2.45) is 12.0 Å². The SMILES string of the molecule is CCNC(=NCc1ccnn1C)NCCN1CCN(c2cccc(C)c2C)CC1.I. The van der Waals surface area contributed by atoms with Crippen LogP contribution in [0.3, 0.4) is 0 Å². The van der Waals surface area contributed by atoms with E-state index in [1.54, 1.807) is 0 Å². The molecule has 0 unspecified atom stereocenters. The normalized spacial score (nSPS) is 15.1. The zero-order valence-electron chi connectivity index (χ0n) is 18.7. The smallest absolute Gasteiger partial charge is 0.191 e. The quantitative estimate of drug-likeness (QED) is 0.331. The Kier molecular flexibility index (Phi) is 9.90. The van der Waals surface area contributed by atoms with Gasteiger partial charge >= 0.3 is 0 Å². The van der Waals surface area contributed by atoms with Crippen LogP contribution in [0.2, 0.25) is 0 Å². The Bertz CT molecular complexity index is 810. The number of guanidine groups is 1. The number of hydrogen-bond acceptors (Lipinski definition) is 4. The van der Waals surface area contributed by atoms with Gasteiger partial charge in [0, 0.05) is 64.7 Å². The summed E-state index contributed by atoms with van der Waals surface area (Å²) in [6.07, 6.45) is 1.81. The highest BCUT2D eigenvalue weighted by molar-refractivity contribution is 14.0. The van der Waals surface area contributed by atoms with E-state index in [1.165, 1.54) is 16.8 Å². The molecule has 0 atom stereocenters. The number of hydrogen-bond donors (Lipinski definition) is 2. The molecular weight excluding hydrogens is 489 g/mol. The fraction of sp³-hybridized carbons (Fsp3) is 0.545. The van der Waals surface area contributed by atoms with E-state index in [0.717, 1.165) is 57.5 Å². The number of benzene rings is 1. The summed E-state index contributed by atoms with van der Waals surface area (Å²) in [5, 5.41) is 11.0. The molecule has 1 aliphatic heterocycles. The van der Waals surface area contributed by atoms with Gasteiger partial charge in [-0.05, 0) is 44.0 Å². The molecule has 2 aromatic rings. The van der Waals surface area contributed by atoms with E-state index in [2.05, 4.69) is 69.5 Å². The maximum atomic E-state index is 4.68. The summed E-state index contributed by atoms with van der Waals surface area (Å²) < 4.78 is 1.86. The van der Waals surface area contributed by atoms with Crippen LogP contribution in [0.5, 0.6) is 0 Å². The van der Waals surface area contributed by atoms with Gasteiger partial charge < -0.3 is 15.5 Å². The lowest BCUT2D eigenvalue weighted by Gasteiger charge is -2.37. The van der Waals surface area contributed by atoms with Crippen LogP contribution in [0.4, 0.5) is 5.69 Å². The molecule has 0 spiro atoms. The fourth-order valence-corrected chi connectivity index (χ4v) is 3.68. The number of nitrogens with zero attached hydrogens (tertiary/aromatic N) is 5. The predicted molar refractivity (Wildman–Crippen MR) is 136 cm³/mol. The van der Waals surface area contributed by atoms with Crippen molar-refractivity contribution in [3.8, 4) is 0 Å². The third kappa shape index (κ3) is 6.60. The second-order valence-corrected chi connectivity index (χ2v) is 7.62. The van der Waals surface area contributed by atoms with Gasteiger partial charge in [0.05, 0.1) is 12.2 Å². The van der Waals surface area contributed by atoms with E-state index < -0.39 is 0 Å². The Hall–Kier alpha value is -1.81. The van der Waals surface area contributed by atoms with Gasteiger partial charge in [-0.2, -0.15) is 5.10 Å². The molecule has 30 heavy (non-hydrogen) atoms. The molecule has 0 saturated carbocycles. The Labute approximate surface area is 197 Å². The van der Waals surface area contributed by atoms with Crippen molar-refractivity contribution in [3.63, 3.8) is 0 Å². The fourth-order valence-electron chi connectivity index (χ4n) is 3.68. The molecule has 1 saturated heterocycles. The van der Waals surface area contributed by atoms with Crippen LogP contribution in [0.15, 0.2) is 35.5 Å². The monoisotopic (exact) mass is 525 g/mol. The minimum absolute atomic E-state index is 0. The lowest BCUT2D eigenvalue weighted by molar-refractivity contribution is 0.261. The number of piperazine rings is 1. The summed E-state index contributed by atoms with van der Waals surface area (Å²) in [5.74, 6) is 0.864. The number of aliphatic imine (C=N–C) groups is 1. The van der Waals surface area contributed by atoms with Crippen molar-refractivity contribution < 1.29 is 0 Å². The molecule has 0 amide bonds. The molecule has 1 aromatic carbocycles. The van der Waals surface area contributed by atoms with Crippen LogP contribution in [0.25, 0.3) is 0 Å². The van der Waals surface area contributed by atoms with Gasteiger partial charge in [0.25, 0.3) is 0 Å². The molecule has 2 heterocycles. The van der Waals surface area contributed by atoms with Crippen molar-refractivity contribution >= 4 is 35.6 Å². The van der Waals surface area contributed by atoms with Crippen LogP contribution < -0.4 is 15.5 Å². The first-order valence-corrected chi connectivity index (χ1v) is 10.6. The van der Waals surface area contributed by atoms with Crippen molar-refractivity contribution in [2.45, 2.75) is 27.3 Å². The minimum atomic E-state index is 0. The number of anilines is 1. The third-order valence-corrected chi connectivity index (χ3v) is 5.68. The van der Waals surface area contributed by atoms with Crippen LogP contribution >= 0.6 is 24.0 Å². The summed E-state index contributed by atoms with van der Waals surface area (Å²) in [7, 11) is 1.95. The second kappa shape index (κ2) is 12.1. The highest BCUT2D eigenvalue weighted by Crippen LogP contribution is 2.23. The van der Waals surface area contributed by atoms with Crippen LogP contribution in [0, 0.1) is 13.8 Å². The van der Waals surface area contributed by atoms with Gasteiger partial charge in [-0.1, -0.05) is 12.1 Å². The highest BCUT2D eigenvalue weighted by atomic mass is 127. The summed E-state index contributed by atoms with van der Waals surface area (Å²) in [4.78, 5) is 9.72. The molecular formula is C22H36IN7. The lowest BCUT2D eigenvalue weighted by Crippen LogP contribution is -2.49. The first kappa shape index (κ1) is 24.5. The Balaban J connectivity index is 0.00000320. The van der Waals surface area contributed by atoms with Crippen LogP contribution in [0.1, 0.15) is 23.7 Å². The van der Waals surface area contributed by atoms with Crippen molar-refractivity contribution in [1.29, 1.82) is 0 Å². The summed E-state index contributed by atoms with van der Waals surface area (Å²) >= 11 is 0. The van der Waals surface area contributed by atoms with E-state index in [9.17, 15) is 0 Å². The predicted octanol–water partition coefficient (Wildman–Crippen LogP) is 2.53. The number of aryl methyl sites for hydroxylation is 2. The van der Waals surface area contributed by atoms with E-state index >= 15 is 0 Å². The molecule has 0 bridgehead atoms. The van der Waals surface area contributed by atoms with Gasteiger partial charge in [-0.3, -0.25) is 9.58 Å². The average Bonchev–Trinajstić information content (AvgIpc) is 3.14. The maximum Gasteiger partial charge on any atom is 0.191 e. The standard InChI is InChI=1S/C22H35N7.HI/c1-5-23-22(25-17-20-9-10-26-27(20)4)24-11-12-28-13-15-29(16-14-28)21-8-6-7-18(2)19(21)3;/h6-10H,5,11-17H2,1-4H3,(H2,23,24,25);1H. The van der Waals surface area contributed by atoms with Crippen molar-refractivity contribution in [3.05, 3.63) is 47.3 Å². The molecule has 2 N–H and O–H groups in total. The number of rotatable bonds is 7. The number of aromatic nitrogens is 2. The molecule has 1 aliphatic rings. The first-order chi connectivity index (χ1) is 14.1. The van der Waals surface area contributed by atoms with Crippen LogP contribution in [-0.2, 0) is 13.6 Å². The van der Waals surface area contributed by atoms with Crippen LogP contribution in [-0.4, -0.2) is 66.5 Å². The number of nitrogens with one attached hydrogen (secondary N) is 2. The molecule has 166 valence electrons. The molecule has 8 heteroatoms. The molecule has 1 fully saturated rings. The lowest BCUT2D eigenvalue weighted by atomic mass is 10.1. The Morgan fingerprint density at radius 2 is 1.87 bits per heavy atom. The topological polar surface area (TPSA) is 60.7 Å². The minimum Gasteiger partial charge on any atom is -0.369 e. The molecule has 1 aromatic heterocycles. The summed E-state index contributed by atoms with van der Waals surface area (Å²) in [6, 6.07) is 8.61. The molecule has 7 nitrogen and oxygen atoms in total. The molecule has 0 radical (unpaired) electrons. The Morgan fingerprint density at radius 1 is 1.10 bits per heavy atom. The Morgan fingerprint density at radius 3 is 2.53 bits per heavy atom. The van der Waals surface area contributed by atoms with Gasteiger partial charge in [0.2, 0.25) is 0 Å². The van der Waals surface area contributed by atoms with E-state index in [4.69, 9.17) is 0 Å². The highest BCUT2D eigenvalue weighted by Gasteiger charge is 2.18. The van der Waals surface area contributed by atoms with Gasteiger partial charge in [0.1, 0.15) is 0 Å². The summed E-state index contributed by atoms with van der Waals surface area (Å²) in [5.41, 5.74) is 5.27. The zero-order valence-corrected chi connectivity index (χ0v) is 21.0. The molecule has 3 rings (SSSR count). The second-order valence-electron chi connectivity index (χ2n) is 7.62. The van der Waals surface area contributed by atoms with Crippen molar-refractivity contribution in [1.82, 2.24) is 25.3 Å². The van der Waals surface area contributed by atoms with Gasteiger partial charge in [-0.25, -0.2) is 4.99 Å². The van der Waals surface area contributed by atoms with Gasteiger partial charge in [0.15, 0.2) is 5.96 Å². The maximum absolute atomic E-state index is 4.68. The average molecular weight is 525 g/mol. The zero-order chi connectivity index (χ0) is 20.6. The van der Waals surface area contributed by atoms with E-state index in [1.807, 2.05) is 24.0 Å². The largest absolute Gasteiger partial charge is 0.369 e. The summed E-state index contributed by atoms with van der Waals surface area (Å²) in [6.45, 7) is 14.3. The number of halogens is 1. The third-order valence-electron chi connectivity index (χ3n) is 5.68. The first-order valence-electron chi connectivity index (χ1n) is 10.6. The molecule has 0 aliphatic carbocycles. The van der Waals surface area contributed by atoms with E-state index in [-0.39, 0.29) is 24.0 Å². The van der Waals surface area contributed by atoms with E-state index in [0.29, 0.717) is 6.54 Å².